The van der Waals surface area contributed by atoms with Crippen molar-refractivity contribution in [3.8, 4) is 17.5 Å². The summed E-state index contributed by atoms with van der Waals surface area (Å²) in [5.74, 6) is 5.90. The van der Waals surface area contributed by atoms with Crippen molar-refractivity contribution in [1.29, 1.82) is 0 Å². The highest BCUT2D eigenvalue weighted by atomic mass is 16.2. The fourth-order valence-electron chi connectivity index (χ4n) is 4.36. The summed E-state index contributed by atoms with van der Waals surface area (Å²) in [5.41, 5.74) is 8.17. The minimum atomic E-state index is -0.696. The van der Waals surface area contributed by atoms with E-state index in [1.54, 1.807) is 66.7 Å². The zero-order chi connectivity index (χ0) is 27.1. The molecule has 1 atom stereocenters. The van der Waals surface area contributed by atoms with E-state index in [0.717, 1.165) is 0 Å². The van der Waals surface area contributed by atoms with Crippen molar-refractivity contribution < 1.29 is 4.79 Å². The van der Waals surface area contributed by atoms with Gasteiger partial charge >= 0.3 is 0 Å². The molecule has 0 unspecified atom stereocenters. The molecule has 0 bridgehead atoms. The lowest BCUT2D eigenvalue weighted by Gasteiger charge is -2.19. The number of carbonyl (C=O) groups is 1. The molecule has 6 aromatic rings. The fraction of sp³-hybridized carbons (Fsp3) is 0.111. The number of nitrogens with two attached hydrogens (primary N) is 1. The summed E-state index contributed by atoms with van der Waals surface area (Å²) in [5, 5.41) is 16.0. The van der Waals surface area contributed by atoms with Gasteiger partial charge < -0.3 is 11.1 Å². The van der Waals surface area contributed by atoms with Gasteiger partial charge in [-0.1, -0.05) is 24.1 Å². The van der Waals surface area contributed by atoms with Crippen molar-refractivity contribution in [2.75, 3.05) is 5.73 Å². The van der Waals surface area contributed by atoms with Crippen LogP contribution >= 0.6 is 0 Å². The summed E-state index contributed by atoms with van der Waals surface area (Å²) in [7, 11) is 1.81. The van der Waals surface area contributed by atoms with Gasteiger partial charge in [-0.3, -0.25) is 18.8 Å². The van der Waals surface area contributed by atoms with E-state index in [-0.39, 0.29) is 16.9 Å². The van der Waals surface area contributed by atoms with Crippen LogP contribution in [0.25, 0.3) is 16.9 Å². The predicted octanol–water partition coefficient (Wildman–Crippen LogP) is 1.73. The van der Waals surface area contributed by atoms with Crippen LogP contribution in [0.4, 0.5) is 5.82 Å². The van der Waals surface area contributed by atoms with Gasteiger partial charge in [0.05, 0.1) is 17.3 Å². The highest BCUT2D eigenvalue weighted by Gasteiger charge is 2.25. The maximum Gasteiger partial charge on any atom is 0.283 e. The van der Waals surface area contributed by atoms with Crippen LogP contribution in [0.3, 0.4) is 0 Å². The topological polar surface area (TPSA) is 142 Å². The minimum Gasteiger partial charge on any atom is -0.381 e. The molecule has 6 rings (SSSR count). The van der Waals surface area contributed by atoms with Crippen molar-refractivity contribution in [3.63, 3.8) is 0 Å². The third-order valence-electron chi connectivity index (χ3n) is 6.15. The minimum absolute atomic E-state index is 0.0452. The third-order valence-corrected chi connectivity index (χ3v) is 6.15. The van der Waals surface area contributed by atoms with E-state index in [9.17, 15) is 9.59 Å². The maximum atomic E-state index is 14.0. The lowest BCUT2D eigenvalue weighted by atomic mass is 10.2. The molecule has 39 heavy (non-hydrogen) atoms. The molecule has 0 saturated carbocycles. The molecular formula is C27H22N10O2. The summed E-state index contributed by atoms with van der Waals surface area (Å²) >= 11 is 0. The Bertz CT molecular complexity index is 1990. The number of hydrogen-bond acceptors (Lipinski definition) is 7. The first kappa shape index (κ1) is 23.7. The number of aromatic nitrogens is 8. The molecule has 0 aliphatic heterocycles. The summed E-state index contributed by atoms with van der Waals surface area (Å²) in [6, 6.07) is 13.6. The Morgan fingerprint density at radius 2 is 1.79 bits per heavy atom. The van der Waals surface area contributed by atoms with Gasteiger partial charge in [0.15, 0.2) is 17.3 Å². The second kappa shape index (κ2) is 9.31. The molecule has 1 amide bonds. The molecule has 5 aromatic heterocycles. The number of rotatable bonds is 4. The zero-order valence-electron chi connectivity index (χ0n) is 21.0. The highest BCUT2D eigenvalue weighted by Crippen LogP contribution is 2.20. The number of hydrogen-bond donors (Lipinski definition) is 2. The number of nitrogen functional groups attached to an aromatic ring is 1. The Labute approximate surface area is 221 Å². The van der Waals surface area contributed by atoms with E-state index in [4.69, 9.17) is 10.8 Å². The number of nitrogens with zero attached hydrogens (tertiary/aromatic N) is 8. The average molecular weight is 519 g/mol. The van der Waals surface area contributed by atoms with E-state index in [1.807, 2.05) is 25.2 Å². The Morgan fingerprint density at radius 3 is 2.56 bits per heavy atom. The predicted molar refractivity (Wildman–Crippen MR) is 143 cm³/mol. The van der Waals surface area contributed by atoms with E-state index in [2.05, 4.69) is 32.3 Å². The quantitative estimate of drug-likeness (QED) is 0.339. The summed E-state index contributed by atoms with van der Waals surface area (Å²) in [6.45, 7) is 1.74. The van der Waals surface area contributed by atoms with Crippen LogP contribution in [0.5, 0.6) is 0 Å². The Balaban J connectivity index is 1.45. The van der Waals surface area contributed by atoms with Gasteiger partial charge in [0, 0.05) is 31.8 Å². The average Bonchev–Trinajstić information content (AvgIpc) is 3.63. The van der Waals surface area contributed by atoms with Gasteiger partial charge in [0.2, 0.25) is 0 Å². The largest absolute Gasteiger partial charge is 0.381 e. The van der Waals surface area contributed by atoms with Crippen LogP contribution in [-0.4, -0.2) is 44.5 Å². The van der Waals surface area contributed by atoms with Crippen molar-refractivity contribution >= 4 is 22.9 Å². The normalized spacial score (nSPS) is 11.8. The standard InChI is InChI=1S/C27H22N10O2/c1-17(30-26(38)21-23(28)32-36-14-6-13-29-25(21)36)24-33-35-16-11-18(9-10-19-12-15-34(2)31-19)22(35)27(39)37(24)20-7-4-3-5-8-20/h3-8,11-17H,1-2H3,(H2,28,32)(H,30,38)/t17-/m1/s1. The molecule has 12 heteroatoms. The maximum absolute atomic E-state index is 14.0. The fourth-order valence-corrected chi connectivity index (χ4v) is 4.36. The van der Waals surface area contributed by atoms with E-state index < -0.39 is 11.9 Å². The van der Waals surface area contributed by atoms with Crippen LogP contribution in [0.2, 0.25) is 0 Å². The lowest BCUT2D eigenvalue weighted by Crippen LogP contribution is -2.34. The first-order valence-electron chi connectivity index (χ1n) is 12.0. The van der Waals surface area contributed by atoms with Crippen LogP contribution in [0.1, 0.15) is 40.4 Å². The number of aryl methyl sites for hydroxylation is 1. The van der Waals surface area contributed by atoms with Crippen molar-refractivity contribution in [1.82, 2.24) is 43.9 Å². The molecule has 0 radical (unpaired) electrons. The molecule has 192 valence electrons. The van der Waals surface area contributed by atoms with E-state index in [1.165, 1.54) is 13.6 Å². The molecule has 0 spiro atoms. The molecule has 3 N–H and O–H groups in total. The van der Waals surface area contributed by atoms with Crippen molar-refractivity contribution in [2.24, 2.45) is 7.05 Å². The Kier molecular flexibility index (Phi) is 5.65. The van der Waals surface area contributed by atoms with Crippen molar-refractivity contribution in [3.05, 3.63) is 106 Å². The van der Waals surface area contributed by atoms with Crippen LogP contribution in [-0.2, 0) is 7.05 Å². The molecule has 0 fully saturated rings. The van der Waals surface area contributed by atoms with Gasteiger partial charge in [-0.05, 0) is 43.2 Å². The summed E-state index contributed by atoms with van der Waals surface area (Å²) < 4.78 is 6.05. The Hall–Kier alpha value is -5.70. The number of nitrogens with one attached hydrogen (secondary N) is 1. The van der Waals surface area contributed by atoms with Gasteiger partial charge in [-0.25, -0.2) is 14.0 Å². The lowest BCUT2D eigenvalue weighted by molar-refractivity contribution is 0.0940. The SMILES string of the molecule is C[C@@H](NC(=O)c1c(N)nn2cccnc12)c1nn2ccc(C#Cc3ccn(C)n3)c2c(=O)n1-c1ccccc1. The molecule has 1 aromatic carbocycles. The number of fused-ring (bicyclic) bond motifs is 2. The first-order valence-corrected chi connectivity index (χ1v) is 12.0. The van der Waals surface area contributed by atoms with Gasteiger partial charge in [-0.2, -0.15) is 10.2 Å². The monoisotopic (exact) mass is 518 g/mol. The summed E-state index contributed by atoms with van der Waals surface area (Å²) in [6.07, 6.45) is 6.67. The molecular weight excluding hydrogens is 496 g/mol. The molecule has 0 saturated heterocycles. The number of para-hydroxylation sites is 1. The molecule has 12 nitrogen and oxygen atoms in total. The zero-order valence-corrected chi connectivity index (χ0v) is 21.0. The van der Waals surface area contributed by atoms with Crippen LogP contribution in [0.15, 0.2) is 78.1 Å². The molecule has 5 heterocycles. The highest BCUT2D eigenvalue weighted by molar-refractivity contribution is 6.04. The van der Waals surface area contributed by atoms with Crippen LogP contribution < -0.4 is 16.6 Å². The third kappa shape index (κ3) is 4.17. The Morgan fingerprint density at radius 1 is 0.974 bits per heavy atom. The van der Waals surface area contributed by atoms with Gasteiger partial charge in [0.25, 0.3) is 11.5 Å². The second-order valence-electron chi connectivity index (χ2n) is 8.82. The molecule has 0 aliphatic carbocycles. The first-order chi connectivity index (χ1) is 18.9. The van der Waals surface area contributed by atoms with Gasteiger partial charge in [0.1, 0.15) is 16.8 Å². The van der Waals surface area contributed by atoms with E-state index >= 15 is 0 Å². The van der Waals surface area contributed by atoms with Crippen molar-refractivity contribution in [2.45, 2.75) is 13.0 Å². The number of amides is 1. The summed E-state index contributed by atoms with van der Waals surface area (Å²) in [4.78, 5) is 31.5. The van der Waals surface area contributed by atoms with Gasteiger partial charge in [-0.15, -0.1) is 5.10 Å². The number of carbonyl (C=O) groups excluding carboxylic acids is 1. The van der Waals surface area contributed by atoms with Crippen LogP contribution in [0, 0.1) is 11.8 Å². The smallest absolute Gasteiger partial charge is 0.283 e. The molecule has 0 aliphatic rings. The second-order valence-corrected chi connectivity index (χ2v) is 8.82. The number of benzene rings is 1. The number of anilines is 1. The van der Waals surface area contributed by atoms with E-state index in [0.29, 0.717) is 33.9 Å².